The molecule has 0 spiro atoms. The Morgan fingerprint density at radius 1 is 1.00 bits per heavy atom. The third-order valence-electron chi connectivity index (χ3n) is 7.85. The molecule has 1 amide bonds. The molecule has 5 rings (SSSR count). The van der Waals surface area contributed by atoms with Crippen molar-refractivity contribution >= 4 is 29.0 Å². The number of nitrogens with zero attached hydrogens (tertiary/aromatic N) is 4. The minimum atomic E-state index is -0.181. The monoisotopic (exact) mass is 537 g/mol. The van der Waals surface area contributed by atoms with Crippen molar-refractivity contribution in [1.29, 1.82) is 0 Å². The highest BCUT2D eigenvalue weighted by molar-refractivity contribution is 6.33. The molecule has 3 fully saturated rings. The molecule has 3 N–H and O–H groups in total. The zero-order valence-electron chi connectivity index (χ0n) is 21.7. The minimum Gasteiger partial charge on any atom is -0.490 e. The number of hydrogen-bond donors (Lipinski definition) is 3. The van der Waals surface area contributed by atoms with E-state index in [4.69, 9.17) is 22.9 Å². The minimum absolute atomic E-state index is 0.0658. The van der Waals surface area contributed by atoms with Gasteiger partial charge in [0.2, 0.25) is 5.69 Å². The predicted molar refractivity (Wildman–Crippen MR) is 148 cm³/mol. The van der Waals surface area contributed by atoms with Gasteiger partial charge in [0.15, 0.2) is 0 Å². The van der Waals surface area contributed by atoms with Gasteiger partial charge in [0.25, 0.3) is 5.91 Å². The summed E-state index contributed by atoms with van der Waals surface area (Å²) < 4.78 is 6.06. The number of aromatic nitrogens is 2. The third kappa shape index (κ3) is 6.93. The molecule has 202 valence electrons. The Morgan fingerprint density at radius 2 is 1.74 bits per heavy atom. The number of carbonyl (C=O) groups is 1. The van der Waals surface area contributed by atoms with E-state index < -0.39 is 0 Å². The number of carbonyl (C=O) groups excluding carboxylic acids is 1. The Hall–Kier alpha value is -2.93. The van der Waals surface area contributed by atoms with Crippen LogP contribution in [0.3, 0.4) is 0 Å². The SMILES string of the molecule is [C-]#[N+]c1ccc(OC2CCC(NC(=O)c3cnc(N4CCC(NC5CCNCC5)CC4)cn3)CC2)cc1Cl. The number of nitrogens with one attached hydrogen (secondary N) is 3. The molecule has 0 bridgehead atoms. The van der Waals surface area contributed by atoms with Crippen molar-refractivity contribution in [3.05, 3.63) is 52.7 Å². The molecular weight excluding hydrogens is 502 g/mol. The van der Waals surface area contributed by atoms with E-state index in [0.717, 1.165) is 70.5 Å². The van der Waals surface area contributed by atoms with Crippen LogP contribution in [0, 0.1) is 6.57 Å². The number of anilines is 1. The molecule has 2 aliphatic heterocycles. The van der Waals surface area contributed by atoms with Crippen LogP contribution < -0.4 is 25.6 Å². The highest BCUT2D eigenvalue weighted by Gasteiger charge is 2.26. The second kappa shape index (κ2) is 12.7. The lowest BCUT2D eigenvalue weighted by Gasteiger charge is -2.36. The molecule has 2 saturated heterocycles. The Labute approximate surface area is 229 Å². The van der Waals surface area contributed by atoms with Gasteiger partial charge in [0.05, 0.1) is 30.1 Å². The lowest BCUT2D eigenvalue weighted by Crippen LogP contribution is -2.49. The van der Waals surface area contributed by atoms with Crippen LogP contribution in [0.5, 0.6) is 5.75 Å². The summed E-state index contributed by atoms with van der Waals surface area (Å²) in [6.45, 7) is 11.2. The van der Waals surface area contributed by atoms with Gasteiger partial charge < -0.3 is 25.6 Å². The van der Waals surface area contributed by atoms with E-state index in [1.165, 1.54) is 12.8 Å². The molecule has 3 heterocycles. The highest BCUT2D eigenvalue weighted by Crippen LogP contribution is 2.31. The van der Waals surface area contributed by atoms with Crippen LogP contribution in [0.2, 0.25) is 5.02 Å². The molecule has 1 aromatic carbocycles. The summed E-state index contributed by atoms with van der Waals surface area (Å²) in [7, 11) is 0. The topological polar surface area (TPSA) is 95.8 Å². The highest BCUT2D eigenvalue weighted by atomic mass is 35.5. The van der Waals surface area contributed by atoms with Crippen molar-refractivity contribution < 1.29 is 9.53 Å². The van der Waals surface area contributed by atoms with Crippen LogP contribution in [0.4, 0.5) is 11.5 Å². The van der Waals surface area contributed by atoms with Gasteiger partial charge in [0.1, 0.15) is 17.3 Å². The van der Waals surface area contributed by atoms with E-state index >= 15 is 0 Å². The molecule has 1 aliphatic carbocycles. The van der Waals surface area contributed by atoms with E-state index in [1.807, 2.05) is 0 Å². The largest absolute Gasteiger partial charge is 0.490 e. The van der Waals surface area contributed by atoms with Crippen molar-refractivity contribution in [3.8, 4) is 5.75 Å². The fourth-order valence-electron chi connectivity index (χ4n) is 5.63. The van der Waals surface area contributed by atoms with Crippen molar-refractivity contribution in [1.82, 2.24) is 25.9 Å². The molecule has 0 radical (unpaired) electrons. The van der Waals surface area contributed by atoms with Crippen molar-refractivity contribution in [2.75, 3.05) is 31.1 Å². The van der Waals surface area contributed by atoms with E-state index in [9.17, 15) is 4.79 Å². The summed E-state index contributed by atoms with van der Waals surface area (Å²) in [5, 5.41) is 10.8. The van der Waals surface area contributed by atoms with Gasteiger partial charge in [-0.25, -0.2) is 14.8 Å². The van der Waals surface area contributed by atoms with Gasteiger partial charge in [-0.15, -0.1) is 0 Å². The van der Waals surface area contributed by atoms with Crippen LogP contribution in [0.15, 0.2) is 30.6 Å². The molecule has 38 heavy (non-hydrogen) atoms. The predicted octanol–water partition coefficient (Wildman–Crippen LogP) is 4.11. The normalized spacial score (nSPS) is 23.0. The first-order valence-electron chi connectivity index (χ1n) is 13.8. The molecule has 3 aliphatic rings. The maximum atomic E-state index is 12.8. The number of hydrogen-bond acceptors (Lipinski definition) is 7. The second-order valence-corrected chi connectivity index (χ2v) is 10.9. The summed E-state index contributed by atoms with van der Waals surface area (Å²) in [4.78, 5) is 27.4. The van der Waals surface area contributed by atoms with Crippen molar-refractivity contribution in [2.24, 2.45) is 0 Å². The Balaban J connectivity index is 1.04. The van der Waals surface area contributed by atoms with Crippen LogP contribution in [0.25, 0.3) is 4.85 Å². The van der Waals surface area contributed by atoms with Gasteiger partial charge in [-0.1, -0.05) is 17.7 Å². The van der Waals surface area contributed by atoms with E-state index in [1.54, 1.807) is 30.6 Å². The summed E-state index contributed by atoms with van der Waals surface area (Å²) in [6, 6.07) is 6.44. The molecular formula is C28H36ClN7O2. The van der Waals surface area contributed by atoms with Gasteiger partial charge in [-0.3, -0.25) is 4.79 Å². The second-order valence-electron chi connectivity index (χ2n) is 10.5. The number of ether oxygens (including phenoxy) is 1. The van der Waals surface area contributed by atoms with Gasteiger partial charge in [-0.2, -0.15) is 0 Å². The number of benzene rings is 1. The van der Waals surface area contributed by atoms with Gasteiger partial charge >= 0.3 is 0 Å². The first-order chi connectivity index (χ1) is 18.6. The fourth-order valence-corrected chi connectivity index (χ4v) is 5.84. The fraction of sp³-hybridized carbons (Fsp3) is 0.571. The summed E-state index contributed by atoms with van der Waals surface area (Å²) in [5.41, 5.74) is 0.774. The molecule has 2 aromatic rings. The number of piperidine rings is 2. The van der Waals surface area contributed by atoms with E-state index in [0.29, 0.717) is 34.2 Å². The molecule has 1 saturated carbocycles. The first kappa shape index (κ1) is 26.7. The quantitative estimate of drug-likeness (QED) is 0.457. The average Bonchev–Trinajstić information content (AvgIpc) is 2.95. The zero-order valence-corrected chi connectivity index (χ0v) is 22.4. The maximum absolute atomic E-state index is 12.8. The van der Waals surface area contributed by atoms with Gasteiger partial charge in [0, 0.05) is 31.2 Å². The van der Waals surface area contributed by atoms with E-state index in [2.05, 4.69) is 35.7 Å². The Morgan fingerprint density at radius 3 is 2.39 bits per heavy atom. The number of amides is 1. The average molecular weight is 538 g/mol. The number of rotatable bonds is 7. The molecule has 9 nitrogen and oxygen atoms in total. The molecule has 0 atom stereocenters. The molecule has 0 unspecified atom stereocenters. The van der Waals surface area contributed by atoms with Crippen molar-refractivity contribution in [2.45, 2.75) is 75.6 Å². The van der Waals surface area contributed by atoms with Gasteiger partial charge in [-0.05, 0) is 76.6 Å². The first-order valence-corrected chi connectivity index (χ1v) is 14.1. The van der Waals surface area contributed by atoms with Crippen LogP contribution in [-0.2, 0) is 0 Å². The summed E-state index contributed by atoms with van der Waals surface area (Å²) >= 11 is 6.12. The van der Waals surface area contributed by atoms with Crippen LogP contribution in [-0.4, -0.2) is 66.3 Å². The summed E-state index contributed by atoms with van der Waals surface area (Å²) in [6.07, 6.45) is 11.3. The summed E-state index contributed by atoms with van der Waals surface area (Å²) in [5.74, 6) is 1.33. The smallest absolute Gasteiger partial charge is 0.271 e. The van der Waals surface area contributed by atoms with Crippen molar-refractivity contribution in [3.63, 3.8) is 0 Å². The van der Waals surface area contributed by atoms with Crippen LogP contribution in [0.1, 0.15) is 61.9 Å². The number of halogens is 1. The lowest BCUT2D eigenvalue weighted by atomic mass is 9.93. The Bertz CT molecular complexity index is 1120. The Kier molecular flexibility index (Phi) is 8.94. The van der Waals surface area contributed by atoms with E-state index in [-0.39, 0.29) is 18.1 Å². The maximum Gasteiger partial charge on any atom is 0.271 e. The standard InChI is InChI=1S/C28H36ClN7O2/c1-30-25-7-6-23(16-24(25)29)38-22-4-2-19(3-5-22)35-28(37)26-17-33-27(18-32-26)36-14-10-21(11-15-36)34-20-8-12-31-13-9-20/h6-7,16-22,31,34H,2-5,8-15H2,(H,35,37). The van der Waals surface area contributed by atoms with Crippen LogP contribution >= 0.6 is 11.6 Å². The zero-order chi connectivity index (χ0) is 26.3. The molecule has 1 aromatic heterocycles. The third-order valence-corrected chi connectivity index (χ3v) is 8.15. The molecule has 10 heteroatoms. The lowest BCUT2D eigenvalue weighted by molar-refractivity contribution is 0.0888.